The molecule has 7 heteroatoms. The van der Waals surface area contributed by atoms with Gasteiger partial charge in [0.1, 0.15) is 0 Å². The quantitative estimate of drug-likeness (QED) is 0.828. The molecule has 17 heavy (non-hydrogen) atoms. The molecule has 0 spiro atoms. The van der Waals surface area contributed by atoms with Gasteiger partial charge in [-0.15, -0.1) is 0 Å². The Morgan fingerprint density at radius 1 is 1.35 bits per heavy atom. The van der Waals surface area contributed by atoms with Crippen LogP contribution >= 0.6 is 15.9 Å². The Bertz CT molecular complexity index is 395. The van der Waals surface area contributed by atoms with Crippen molar-refractivity contribution in [3.05, 3.63) is 34.3 Å². The number of halogens is 4. The first-order valence-corrected chi connectivity index (χ1v) is 5.53. The van der Waals surface area contributed by atoms with Gasteiger partial charge < -0.3 is 5.32 Å². The summed E-state index contributed by atoms with van der Waals surface area (Å²) in [4.78, 5) is 10.8. The van der Waals surface area contributed by atoms with Crippen molar-refractivity contribution in [2.45, 2.75) is 12.7 Å². The first-order chi connectivity index (χ1) is 7.87. The highest BCUT2D eigenvalue weighted by atomic mass is 79.9. The molecule has 0 radical (unpaired) electrons. The summed E-state index contributed by atoms with van der Waals surface area (Å²) >= 11 is 3.27. The largest absolute Gasteiger partial charge is 0.485 e. The molecule has 94 valence electrons. The summed E-state index contributed by atoms with van der Waals surface area (Å²) < 4.78 is 36.1. The predicted molar refractivity (Wildman–Crippen MR) is 60.4 cm³/mol. The molecule has 0 aromatic heterocycles. The lowest BCUT2D eigenvalue weighted by molar-refractivity contribution is -0.145. The first kappa shape index (κ1) is 13.8. The molecule has 0 aliphatic heterocycles. The fourth-order valence-electron chi connectivity index (χ4n) is 1.19. The maximum Gasteiger partial charge on any atom is 0.485 e. The van der Waals surface area contributed by atoms with Crippen LogP contribution in [0.3, 0.4) is 0 Å². The van der Waals surface area contributed by atoms with E-state index in [2.05, 4.69) is 21.2 Å². The van der Waals surface area contributed by atoms with Crippen molar-refractivity contribution in [3.8, 4) is 0 Å². The molecular weight excluding hydrogens is 301 g/mol. The summed E-state index contributed by atoms with van der Waals surface area (Å²) in [7, 11) is 0. The summed E-state index contributed by atoms with van der Waals surface area (Å²) in [6.07, 6.45) is -4.23. The molecule has 0 saturated carbocycles. The fourth-order valence-corrected chi connectivity index (χ4v) is 1.63. The number of urea groups is 1. The van der Waals surface area contributed by atoms with Gasteiger partial charge in [0.2, 0.25) is 0 Å². The number of carbonyl (C=O) groups excluding carboxylic acids is 1. The zero-order chi connectivity index (χ0) is 12.9. The second-order valence-electron chi connectivity index (χ2n) is 3.26. The van der Waals surface area contributed by atoms with Crippen molar-refractivity contribution < 1.29 is 18.0 Å². The van der Waals surface area contributed by atoms with Crippen molar-refractivity contribution in [1.29, 1.82) is 0 Å². The van der Waals surface area contributed by atoms with E-state index in [1.807, 2.05) is 24.3 Å². The molecule has 2 amide bonds. The van der Waals surface area contributed by atoms with Crippen LogP contribution in [0.15, 0.2) is 28.7 Å². The van der Waals surface area contributed by atoms with Crippen LogP contribution < -0.4 is 10.6 Å². The molecule has 0 atom stereocenters. The van der Waals surface area contributed by atoms with E-state index in [1.165, 1.54) is 0 Å². The number of benzene rings is 1. The lowest BCUT2D eigenvalue weighted by Gasteiger charge is -2.09. The van der Waals surface area contributed by atoms with Gasteiger partial charge in [0.05, 0.1) is 0 Å². The van der Waals surface area contributed by atoms with Crippen LogP contribution in [0.4, 0.5) is 18.0 Å². The van der Waals surface area contributed by atoms with Crippen LogP contribution in [0.25, 0.3) is 0 Å². The van der Waals surface area contributed by atoms with Gasteiger partial charge in [-0.05, 0) is 24.1 Å². The monoisotopic (exact) mass is 310 g/mol. The molecule has 1 aromatic rings. The van der Waals surface area contributed by atoms with Crippen molar-refractivity contribution in [2.75, 3.05) is 6.54 Å². The van der Waals surface area contributed by atoms with Gasteiger partial charge in [-0.3, -0.25) is 0 Å². The highest BCUT2D eigenvalue weighted by Gasteiger charge is 2.29. The molecule has 1 aromatic carbocycles. The number of hydrogen-bond acceptors (Lipinski definition) is 1. The molecule has 0 unspecified atom stereocenters. The van der Waals surface area contributed by atoms with E-state index < -0.39 is 12.3 Å². The average Bonchev–Trinajstić information content (AvgIpc) is 2.14. The van der Waals surface area contributed by atoms with Crippen molar-refractivity contribution in [2.24, 2.45) is 0 Å². The van der Waals surface area contributed by atoms with E-state index in [-0.39, 0.29) is 6.54 Å². The molecule has 0 aliphatic carbocycles. The zero-order valence-electron chi connectivity index (χ0n) is 8.64. The zero-order valence-corrected chi connectivity index (χ0v) is 10.2. The van der Waals surface area contributed by atoms with E-state index in [9.17, 15) is 18.0 Å². The van der Waals surface area contributed by atoms with Crippen molar-refractivity contribution >= 4 is 22.0 Å². The number of amides is 2. The maximum atomic E-state index is 11.7. The SMILES string of the molecule is O=C(NCCc1cccc(Br)c1)NC(F)(F)F. The number of alkyl halides is 3. The van der Waals surface area contributed by atoms with E-state index in [0.29, 0.717) is 6.42 Å². The molecule has 0 bridgehead atoms. The molecule has 1 rings (SSSR count). The minimum atomic E-state index is -4.69. The molecule has 0 aliphatic rings. The number of hydrogen-bond donors (Lipinski definition) is 2. The lowest BCUT2D eigenvalue weighted by Crippen LogP contribution is -2.44. The van der Waals surface area contributed by atoms with E-state index in [0.717, 1.165) is 15.4 Å². The molecule has 0 saturated heterocycles. The topological polar surface area (TPSA) is 41.1 Å². The third-order valence-electron chi connectivity index (χ3n) is 1.84. The molecular formula is C10H10BrF3N2O. The second-order valence-corrected chi connectivity index (χ2v) is 4.17. The second kappa shape index (κ2) is 5.90. The van der Waals surface area contributed by atoms with E-state index >= 15 is 0 Å². The third kappa shape index (κ3) is 6.15. The van der Waals surface area contributed by atoms with E-state index in [1.54, 1.807) is 0 Å². The Balaban J connectivity index is 2.31. The van der Waals surface area contributed by atoms with Crippen LogP contribution in [0.1, 0.15) is 5.56 Å². The van der Waals surface area contributed by atoms with Gasteiger partial charge in [-0.2, -0.15) is 13.2 Å². The average molecular weight is 311 g/mol. The fraction of sp³-hybridized carbons (Fsp3) is 0.300. The normalized spacial score (nSPS) is 11.1. The molecule has 0 heterocycles. The molecule has 3 nitrogen and oxygen atoms in total. The van der Waals surface area contributed by atoms with Crippen LogP contribution in [0.5, 0.6) is 0 Å². The first-order valence-electron chi connectivity index (χ1n) is 4.74. The maximum absolute atomic E-state index is 11.7. The minimum Gasteiger partial charge on any atom is -0.338 e. The Kier molecular flexibility index (Phi) is 4.80. The van der Waals surface area contributed by atoms with Crippen molar-refractivity contribution in [3.63, 3.8) is 0 Å². The summed E-state index contributed by atoms with van der Waals surface area (Å²) in [6.45, 7) is 0.137. The Morgan fingerprint density at radius 3 is 2.65 bits per heavy atom. The van der Waals surface area contributed by atoms with Gasteiger partial charge >= 0.3 is 12.3 Å². The van der Waals surface area contributed by atoms with Gasteiger partial charge in [0.15, 0.2) is 0 Å². The summed E-state index contributed by atoms with van der Waals surface area (Å²) in [5.74, 6) is 0. The number of carbonyl (C=O) groups is 1. The van der Waals surface area contributed by atoms with Crippen molar-refractivity contribution in [1.82, 2.24) is 10.6 Å². The standard InChI is InChI=1S/C10H10BrF3N2O/c11-8-3-1-2-7(6-8)4-5-15-9(17)16-10(12,13)14/h1-3,6H,4-5H2,(H2,15,16,17). The van der Waals surface area contributed by atoms with Crippen LogP contribution in [-0.2, 0) is 6.42 Å². The van der Waals surface area contributed by atoms with Gasteiger partial charge in [0.25, 0.3) is 0 Å². The van der Waals surface area contributed by atoms with Gasteiger partial charge in [0, 0.05) is 11.0 Å². The predicted octanol–water partition coefficient (Wildman–Crippen LogP) is 2.81. The molecule has 0 fully saturated rings. The van der Waals surface area contributed by atoms with Gasteiger partial charge in [-0.25, -0.2) is 10.1 Å². The summed E-state index contributed by atoms with van der Waals surface area (Å²) in [5.41, 5.74) is 0.923. The molecule has 2 N–H and O–H groups in total. The Hall–Kier alpha value is -1.24. The Morgan fingerprint density at radius 2 is 2.06 bits per heavy atom. The number of rotatable bonds is 3. The minimum absolute atomic E-state index is 0.137. The smallest absolute Gasteiger partial charge is 0.338 e. The summed E-state index contributed by atoms with van der Waals surface area (Å²) in [5, 5.41) is 2.98. The highest BCUT2D eigenvalue weighted by Crippen LogP contribution is 2.12. The van der Waals surface area contributed by atoms with Crippen LogP contribution in [-0.4, -0.2) is 18.9 Å². The third-order valence-corrected chi connectivity index (χ3v) is 2.34. The lowest BCUT2D eigenvalue weighted by atomic mass is 10.1. The number of nitrogens with one attached hydrogen (secondary N) is 2. The van der Waals surface area contributed by atoms with Crippen LogP contribution in [0, 0.1) is 0 Å². The summed E-state index contributed by atoms with van der Waals surface area (Å²) in [6, 6.07) is 6.08. The van der Waals surface area contributed by atoms with Gasteiger partial charge in [-0.1, -0.05) is 28.1 Å². The highest BCUT2D eigenvalue weighted by molar-refractivity contribution is 9.10. The van der Waals surface area contributed by atoms with Crippen LogP contribution in [0.2, 0.25) is 0 Å². The Labute approximate surface area is 105 Å². The van der Waals surface area contributed by atoms with E-state index in [4.69, 9.17) is 0 Å².